The number of carbonyl (C=O) groups is 1. The Balaban J connectivity index is 0.000000349. The van der Waals surface area contributed by atoms with E-state index in [-0.39, 0.29) is 33.7 Å². The van der Waals surface area contributed by atoms with Gasteiger partial charge in [-0.05, 0) is 37.0 Å². The molecule has 1 heterocycles. The summed E-state index contributed by atoms with van der Waals surface area (Å²) in [5.41, 5.74) is 7.98. The number of nitrogens with one attached hydrogen (secondary N) is 1. The fraction of sp³-hybridized carbons (Fsp3) is 0.708. The van der Waals surface area contributed by atoms with Crippen molar-refractivity contribution in [1.82, 2.24) is 5.32 Å². The van der Waals surface area contributed by atoms with Crippen LogP contribution in [0.4, 0.5) is 0 Å². The third-order valence-corrected chi connectivity index (χ3v) is 6.49. The molecule has 0 spiro atoms. The summed E-state index contributed by atoms with van der Waals surface area (Å²) in [5.74, 6) is 0.367. The number of hydrogen-bond donors (Lipinski definition) is 4. The summed E-state index contributed by atoms with van der Waals surface area (Å²) < 4.78 is 0. The minimum atomic E-state index is -0.627. The minimum Gasteiger partial charge on any atom is -0.655 e. The quantitative estimate of drug-likeness (QED) is 0.340. The van der Waals surface area contributed by atoms with E-state index in [0.29, 0.717) is 24.1 Å². The molecule has 0 bridgehead atoms. The molecule has 0 saturated heterocycles. The fourth-order valence-corrected chi connectivity index (χ4v) is 4.68. The molecule has 7 heteroatoms. The second-order valence-electron chi connectivity index (χ2n) is 8.69. The number of amides is 1. The van der Waals surface area contributed by atoms with Gasteiger partial charge in [-0.2, -0.15) is 0 Å². The van der Waals surface area contributed by atoms with Crippen LogP contribution < -0.4 is 11.1 Å². The third kappa shape index (κ3) is 8.58. The zero-order valence-electron chi connectivity index (χ0n) is 19.1. The van der Waals surface area contributed by atoms with E-state index in [4.69, 9.17) is 16.2 Å². The van der Waals surface area contributed by atoms with Crippen molar-refractivity contribution >= 4 is 5.91 Å². The van der Waals surface area contributed by atoms with E-state index in [1.807, 2.05) is 26.0 Å². The molecule has 2 unspecified atom stereocenters. The molecule has 3 rings (SSSR count). The Hall–Kier alpha value is -0.782. The molecule has 1 aliphatic heterocycles. The second kappa shape index (κ2) is 14.4. The Morgan fingerprint density at radius 1 is 1.26 bits per heavy atom. The van der Waals surface area contributed by atoms with Crippen molar-refractivity contribution in [3.8, 4) is 0 Å². The van der Waals surface area contributed by atoms with Gasteiger partial charge in [0.15, 0.2) is 0 Å². The van der Waals surface area contributed by atoms with Crippen molar-refractivity contribution in [1.29, 1.82) is 0 Å². The number of benzene rings is 1. The van der Waals surface area contributed by atoms with Crippen LogP contribution in [0.2, 0.25) is 0 Å². The summed E-state index contributed by atoms with van der Waals surface area (Å²) in [6.07, 6.45) is 10.1. The first-order valence-electron chi connectivity index (χ1n) is 11.6. The average Bonchev–Trinajstić information content (AvgIpc) is 2.78. The zero-order valence-corrected chi connectivity index (χ0v) is 22.0. The van der Waals surface area contributed by atoms with Crippen LogP contribution in [0.25, 0.3) is 5.32 Å². The Labute approximate surface area is 202 Å². The first-order chi connectivity index (χ1) is 14.4. The van der Waals surface area contributed by atoms with Gasteiger partial charge < -0.3 is 21.3 Å². The van der Waals surface area contributed by atoms with E-state index >= 15 is 0 Å². The number of fused-ring (bicyclic) bond motifs is 1. The van der Waals surface area contributed by atoms with Gasteiger partial charge in [-0.15, -0.1) is 12.6 Å². The van der Waals surface area contributed by atoms with Crippen LogP contribution >= 0.6 is 0 Å². The van der Waals surface area contributed by atoms with Gasteiger partial charge in [0.05, 0.1) is 12.3 Å². The summed E-state index contributed by atoms with van der Waals surface area (Å²) in [6, 6.07) is 6.27. The van der Waals surface area contributed by atoms with Crippen molar-refractivity contribution in [2.75, 3.05) is 19.8 Å². The number of nitrogens with zero attached hydrogens (tertiary/aromatic N) is 1. The van der Waals surface area contributed by atoms with Crippen molar-refractivity contribution < 1.29 is 36.1 Å². The first-order valence-corrected chi connectivity index (χ1v) is 11.6. The molecule has 5 N–H and O–H groups in total. The fourth-order valence-electron chi connectivity index (χ4n) is 4.68. The Morgan fingerprint density at radius 2 is 1.97 bits per heavy atom. The number of hydrogen-bond acceptors (Lipinski definition) is 4. The van der Waals surface area contributed by atoms with Crippen molar-refractivity contribution in [2.45, 2.75) is 83.3 Å². The molecular formula is C24H40N3O3W-. The van der Waals surface area contributed by atoms with E-state index in [2.05, 4.69) is 11.4 Å². The molecule has 2 atom stereocenters. The number of nitrogens with two attached hydrogens (primary N) is 1. The van der Waals surface area contributed by atoms with Gasteiger partial charge in [0.1, 0.15) is 0 Å². The number of aliphatic hydroxyl groups is 2. The molecule has 1 fully saturated rings. The molecule has 31 heavy (non-hydrogen) atoms. The zero-order chi connectivity index (χ0) is 22.0. The summed E-state index contributed by atoms with van der Waals surface area (Å²) in [5, 5.41) is 25.8. The maximum atomic E-state index is 11.3. The molecule has 1 saturated carbocycles. The van der Waals surface area contributed by atoms with Crippen LogP contribution in [0.5, 0.6) is 0 Å². The van der Waals surface area contributed by atoms with E-state index in [9.17, 15) is 9.90 Å². The topological polar surface area (TPSA) is 110 Å². The van der Waals surface area contributed by atoms with Crippen molar-refractivity contribution in [2.24, 2.45) is 11.7 Å². The van der Waals surface area contributed by atoms with Crippen LogP contribution in [0, 0.1) is 5.92 Å². The number of rotatable bonds is 8. The summed E-state index contributed by atoms with van der Waals surface area (Å²) in [4.78, 5) is 11.3. The normalized spacial score (nSPS) is 20.5. The van der Waals surface area contributed by atoms with Crippen LogP contribution in [0.15, 0.2) is 18.2 Å². The summed E-state index contributed by atoms with van der Waals surface area (Å²) in [7, 11) is 0. The standard InChI is InChI=1S/C16H21N2O.C8H19NO2.W/c17-16(19)13-6-7-14-12(10-13)8-9-18-15(14)11-4-2-1-3-5-11;1-3-5-8(11,4-2)6-9-7-10;/h6-7,10-11,15H,1-5,8-9H2,(H2,17,19);9-11H,3-7H2,1-2H3;/q-1;;. The molecule has 1 aliphatic carbocycles. The average molecular weight is 602 g/mol. The number of aliphatic hydroxyl groups excluding tert-OH is 1. The monoisotopic (exact) mass is 602 g/mol. The molecular weight excluding hydrogens is 562 g/mol. The van der Waals surface area contributed by atoms with Gasteiger partial charge in [0.2, 0.25) is 5.91 Å². The molecule has 0 aromatic heterocycles. The number of primary amides is 1. The molecule has 1 aromatic carbocycles. The molecule has 176 valence electrons. The maximum Gasteiger partial charge on any atom is 0.248 e. The van der Waals surface area contributed by atoms with Gasteiger partial charge >= 0.3 is 0 Å². The van der Waals surface area contributed by atoms with Gasteiger partial charge in [-0.3, -0.25) is 10.1 Å². The summed E-state index contributed by atoms with van der Waals surface area (Å²) in [6.45, 7) is 5.30. The van der Waals surface area contributed by atoms with E-state index in [1.165, 1.54) is 43.2 Å². The SMILES string of the molecule is CCCC(O)(CC)CNCO.NC(=O)c1ccc2c(c1)CC[N-]C2C1CCCCC1.[W]. The van der Waals surface area contributed by atoms with Crippen molar-refractivity contribution in [3.63, 3.8) is 0 Å². The Kier molecular flexibility index (Phi) is 13.1. The summed E-state index contributed by atoms with van der Waals surface area (Å²) >= 11 is 0. The molecule has 1 amide bonds. The third-order valence-electron chi connectivity index (χ3n) is 6.49. The van der Waals surface area contributed by atoms with Gasteiger partial charge in [0.25, 0.3) is 0 Å². The van der Waals surface area contributed by atoms with Crippen molar-refractivity contribution in [3.05, 3.63) is 40.2 Å². The largest absolute Gasteiger partial charge is 0.655 e. The Bertz CT molecular complexity index is 667. The van der Waals surface area contributed by atoms with E-state index < -0.39 is 5.60 Å². The van der Waals surface area contributed by atoms with E-state index in [0.717, 1.165) is 32.2 Å². The maximum absolute atomic E-state index is 11.3. The molecule has 0 radical (unpaired) electrons. The molecule has 1 aromatic rings. The van der Waals surface area contributed by atoms with Gasteiger partial charge in [-0.1, -0.05) is 69.9 Å². The van der Waals surface area contributed by atoms with E-state index in [1.54, 1.807) is 0 Å². The number of carbonyl (C=O) groups excluding carboxylic acids is 1. The first kappa shape index (κ1) is 28.3. The van der Waals surface area contributed by atoms with Crippen LogP contribution in [0.3, 0.4) is 0 Å². The predicted molar refractivity (Wildman–Crippen MR) is 121 cm³/mol. The van der Waals surface area contributed by atoms with Crippen LogP contribution in [-0.4, -0.2) is 41.5 Å². The van der Waals surface area contributed by atoms with Crippen LogP contribution in [0.1, 0.15) is 92.7 Å². The van der Waals surface area contributed by atoms with Gasteiger partial charge in [0, 0.05) is 33.2 Å². The van der Waals surface area contributed by atoms with Gasteiger partial charge in [-0.25, -0.2) is 0 Å². The minimum absolute atomic E-state index is 0. The predicted octanol–water partition coefficient (Wildman–Crippen LogP) is 3.80. The second-order valence-corrected chi connectivity index (χ2v) is 8.69. The molecule has 2 aliphatic rings. The van der Waals surface area contributed by atoms with Crippen LogP contribution in [-0.2, 0) is 27.5 Å². The smallest absolute Gasteiger partial charge is 0.248 e. The Morgan fingerprint density at radius 3 is 2.55 bits per heavy atom. The molecule has 6 nitrogen and oxygen atoms in total.